The number of rotatable bonds is 4. The summed E-state index contributed by atoms with van der Waals surface area (Å²) >= 11 is 11.9. The van der Waals surface area contributed by atoms with Gasteiger partial charge in [0.1, 0.15) is 0 Å². The van der Waals surface area contributed by atoms with Crippen LogP contribution in [0.5, 0.6) is 0 Å². The second-order valence-corrected chi connectivity index (χ2v) is 4.63. The van der Waals surface area contributed by atoms with Gasteiger partial charge in [-0.15, -0.1) is 0 Å². The van der Waals surface area contributed by atoms with E-state index < -0.39 is 0 Å². The monoisotopic (exact) mass is 282 g/mol. The van der Waals surface area contributed by atoms with Crippen LogP contribution in [0.4, 0.5) is 5.69 Å². The van der Waals surface area contributed by atoms with Crippen LogP contribution in [-0.4, -0.2) is 11.1 Å². The molecule has 0 bridgehead atoms. The van der Waals surface area contributed by atoms with Crippen LogP contribution in [0, 0.1) is 0 Å². The first-order valence-corrected chi connectivity index (χ1v) is 6.27. The van der Waals surface area contributed by atoms with E-state index in [4.69, 9.17) is 23.2 Å². The number of nitrogens with zero attached hydrogens (tertiary/aromatic N) is 1. The molecule has 2 rings (SSSR count). The van der Waals surface area contributed by atoms with Gasteiger partial charge in [0.05, 0.1) is 10.7 Å². The summed E-state index contributed by atoms with van der Waals surface area (Å²) in [6.07, 6.45) is 1.75. The van der Waals surface area contributed by atoms with E-state index in [1.165, 1.54) is 6.07 Å². The molecule has 3 nitrogen and oxygen atoms in total. The molecule has 0 fully saturated rings. The number of nitrogens with one attached hydrogen (secondary N) is 1. The van der Waals surface area contributed by atoms with Gasteiger partial charge in [0.2, 0.25) is 0 Å². The third-order valence-corrected chi connectivity index (χ3v) is 3.06. The fourth-order valence-corrected chi connectivity index (χ4v) is 1.95. The zero-order valence-corrected chi connectivity index (χ0v) is 11.1. The minimum atomic E-state index is -0.0171. The maximum absolute atomic E-state index is 11.5. The minimum absolute atomic E-state index is 0.0171. The number of halogens is 2. The minimum Gasteiger partial charge on any atom is -0.382 e. The molecule has 18 heavy (non-hydrogen) atoms. The number of anilines is 1. The fourth-order valence-electron chi connectivity index (χ4n) is 1.59. The normalized spacial score (nSPS) is 10.3. The fraction of sp³-hybridized carbons (Fsp3) is 0.154. The smallest absolute Gasteiger partial charge is 0.250 e. The van der Waals surface area contributed by atoms with Crippen molar-refractivity contribution in [1.29, 1.82) is 0 Å². The summed E-state index contributed by atoms with van der Waals surface area (Å²) in [6, 6.07) is 10.3. The number of aromatic nitrogens is 1. The summed E-state index contributed by atoms with van der Waals surface area (Å²) in [7, 11) is 0. The van der Waals surface area contributed by atoms with Crippen molar-refractivity contribution in [3.05, 3.63) is 63.0 Å². The number of benzene rings is 1. The van der Waals surface area contributed by atoms with Gasteiger partial charge in [-0.1, -0.05) is 29.3 Å². The Hall–Kier alpha value is -1.45. The van der Waals surface area contributed by atoms with Crippen molar-refractivity contribution in [2.45, 2.75) is 6.54 Å². The second-order valence-electron chi connectivity index (χ2n) is 3.78. The Bertz CT molecular complexity index is 596. The molecule has 0 aliphatic carbocycles. The molecule has 0 saturated heterocycles. The van der Waals surface area contributed by atoms with Gasteiger partial charge in [-0.05, 0) is 24.3 Å². The van der Waals surface area contributed by atoms with Crippen molar-refractivity contribution in [3.63, 3.8) is 0 Å². The summed E-state index contributed by atoms with van der Waals surface area (Å²) in [5.41, 5.74) is 0.754. The van der Waals surface area contributed by atoms with Gasteiger partial charge in [-0.3, -0.25) is 4.79 Å². The van der Waals surface area contributed by atoms with E-state index in [0.29, 0.717) is 23.1 Å². The topological polar surface area (TPSA) is 34.0 Å². The maximum Gasteiger partial charge on any atom is 0.250 e. The lowest BCUT2D eigenvalue weighted by molar-refractivity contribution is 0.697. The predicted octanol–water partition coefficient (Wildman–Crippen LogP) is 3.27. The van der Waals surface area contributed by atoms with Gasteiger partial charge < -0.3 is 9.88 Å². The van der Waals surface area contributed by atoms with Gasteiger partial charge in [-0.25, -0.2) is 0 Å². The van der Waals surface area contributed by atoms with Gasteiger partial charge in [0, 0.05) is 30.4 Å². The van der Waals surface area contributed by atoms with Crippen LogP contribution < -0.4 is 10.9 Å². The standard InChI is InChI=1S/C13H12Cl2N2O/c14-10-4-5-11(15)12(9-10)16-6-8-17-7-2-1-3-13(17)18/h1-5,7,9,16H,6,8H2. The first-order valence-electron chi connectivity index (χ1n) is 5.51. The van der Waals surface area contributed by atoms with E-state index in [9.17, 15) is 4.79 Å². The molecule has 0 unspecified atom stereocenters. The first-order chi connectivity index (χ1) is 8.66. The van der Waals surface area contributed by atoms with Gasteiger partial charge >= 0.3 is 0 Å². The van der Waals surface area contributed by atoms with Crippen LogP contribution in [0.15, 0.2) is 47.4 Å². The Labute approximate surface area is 115 Å². The molecule has 0 atom stereocenters. The largest absolute Gasteiger partial charge is 0.382 e. The predicted molar refractivity (Wildman–Crippen MR) is 75.7 cm³/mol. The van der Waals surface area contributed by atoms with E-state index in [1.54, 1.807) is 35.0 Å². The SMILES string of the molecule is O=c1ccccn1CCNc1cc(Cl)ccc1Cl. The van der Waals surface area contributed by atoms with Crippen molar-refractivity contribution in [2.75, 3.05) is 11.9 Å². The molecule has 2 aromatic rings. The molecule has 94 valence electrons. The highest BCUT2D eigenvalue weighted by Gasteiger charge is 2.00. The van der Waals surface area contributed by atoms with Gasteiger partial charge in [0.25, 0.3) is 5.56 Å². The van der Waals surface area contributed by atoms with E-state index in [0.717, 1.165) is 5.69 Å². The van der Waals surface area contributed by atoms with Crippen molar-refractivity contribution in [2.24, 2.45) is 0 Å². The number of hydrogen-bond acceptors (Lipinski definition) is 2. The van der Waals surface area contributed by atoms with E-state index in [-0.39, 0.29) is 5.56 Å². The number of pyridine rings is 1. The summed E-state index contributed by atoms with van der Waals surface area (Å²) in [4.78, 5) is 11.5. The highest BCUT2D eigenvalue weighted by molar-refractivity contribution is 6.35. The molecule has 1 aromatic heterocycles. The second kappa shape index (κ2) is 5.94. The average molecular weight is 283 g/mol. The molecule has 1 heterocycles. The zero-order valence-electron chi connectivity index (χ0n) is 9.57. The van der Waals surface area contributed by atoms with Crippen LogP contribution in [-0.2, 0) is 6.54 Å². The molecule has 0 radical (unpaired) electrons. The zero-order chi connectivity index (χ0) is 13.0. The Balaban J connectivity index is 1.99. The summed E-state index contributed by atoms with van der Waals surface area (Å²) in [5.74, 6) is 0. The highest BCUT2D eigenvalue weighted by atomic mass is 35.5. The first kappa shape index (κ1) is 13.0. The molecule has 0 saturated carbocycles. The van der Waals surface area contributed by atoms with Crippen LogP contribution in [0.2, 0.25) is 10.0 Å². The quantitative estimate of drug-likeness (QED) is 0.934. The lowest BCUT2D eigenvalue weighted by Gasteiger charge is -2.10. The third kappa shape index (κ3) is 3.28. The van der Waals surface area contributed by atoms with Crippen molar-refractivity contribution >= 4 is 28.9 Å². The lowest BCUT2D eigenvalue weighted by Crippen LogP contribution is -2.22. The molecule has 0 amide bonds. The Morgan fingerprint density at radius 3 is 2.78 bits per heavy atom. The van der Waals surface area contributed by atoms with Crippen LogP contribution >= 0.6 is 23.2 Å². The molecule has 0 spiro atoms. The van der Waals surface area contributed by atoms with Crippen LogP contribution in [0.25, 0.3) is 0 Å². The average Bonchev–Trinajstić information content (AvgIpc) is 2.36. The molecule has 1 aromatic carbocycles. The third-order valence-electron chi connectivity index (χ3n) is 2.50. The highest BCUT2D eigenvalue weighted by Crippen LogP contribution is 2.24. The van der Waals surface area contributed by atoms with Crippen molar-refractivity contribution in [1.82, 2.24) is 4.57 Å². The summed E-state index contributed by atoms with van der Waals surface area (Å²) in [5, 5.41) is 4.39. The van der Waals surface area contributed by atoms with E-state index >= 15 is 0 Å². The molecular weight excluding hydrogens is 271 g/mol. The Morgan fingerprint density at radius 2 is 2.00 bits per heavy atom. The van der Waals surface area contributed by atoms with Gasteiger partial charge in [0.15, 0.2) is 0 Å². The van der Waals surface area contributed by atoms with Crippen LogP contribution in [0.3, 0.4) is 0 Å². The van der Waals surface area contributed by atoms with Crippen molar-refractivity contribution in [3.8, 4) is 0 Å². The molecular formula is C13H12Cl2N2O. The van der Waals surface area contributed by atoms with Crippen LogP contribution in [0.1, 0.15) is 0 Å². The molecule has 5 heteroatoms. The van der Waals surface area contributed by atoms with E-state index in [1.807, 2.05) is 6.07 Å². The Kier molecular flexibility index (Phi) is 4.28. The Morgan fingerprint density at radius 1 is 1.17 bits per heavy atom. The molecule has 1 N–H and O–H groups in total. The number of hydrogen-bond donors (Lipinski definition) is 1. The maximum atomic E-state index is 11.5. The summed E-state index contributed by atoms with van der Waals surface area (Å²) < 4.78 is 1.63. The molecule has 0 aliphatic heterocycles. The van der Waals surface area contributed by atoms with E-state index in [2.05, 4.69) is 5.32 Å². The molecule has 0 aliphatic rings. The van der Waals surface area contributed by atoms with Crippen molar-refractivity contribution < 1.29 is 0 Å². The summed E-state index contributed by atoms with van der Waals surface area (Å²) in [6.45, 7) is 1.17. The van der Waals surface area contributed by atoms with Gasteiger partial charge in [-0.2, -0.15) is 0 Å². The lowest BCUT2D eigenvalue weighted by atomic mass is 10.3.